The molecule has 0 saturated heterocycles. The molecule has 0 heterocycles. The van der Waals surface area contributed by atoms with Gasteiger partial charge in [-0.1, -0.05) is 12.1 Å². The van der Waals surface area contributed by atoms with Crippen molar-refractivity contribution in [3.8, 4) is 0 Å². The molecule has 2 N–H and O–H groups in total. The van der Waals surface area contributed by atoms with Gasteiger partial charge in [-0.3, -0.25) is 4.79 Å². The number of aromatic carboxylic acids is 1. The normalized spacial score (nSPS) is 10.3. The Morgan fingerprint density at radius 3 is 2.00 bits per heavy atom. The molecule has 21 heavy (non-hydrogen) atoms. The molecule has 0 atom stereocenters. The maximum absolute atomic E-state index is 12.1. The molecule has 1 amide bonds. The summed E-state index contributed by atoms with van der Waals surface area (Å²) >= 11 is 0. The van der Waals surface area contributed by atoms with Crippen LogP contribution in [0.4, 0.5) is 5.69 Å². The number of carboxylic acids is 1. The predicted molar refractivity (Wildman–Crippen MR) is 76.4 cm³/mol. The van der Waals surface area contributed by atoms with Gasteiger partial charge in [0.1, 0.15) is 0 Å². The second-order valence-electron chi connectivity index (χ2n) is 4.11. The number of anilines is 1. The van der Waals surface area contributed by atoms with E-state index >= 15 is 0 Å². The third kappa shape index (κ3) is 3.46. The lowest BCUT2D eigenvalue weighted by Gasteiger charge is -2.07. The molecule has 0 spiro atoms. The Bertz CT molecular complexity index is 757. The summed E-state index contributed by atoms with van der Waals surface area (Å²) in [7, 11) is -2.68. The molecule has 0 aliphatic carbocycles. The van der Waals surface area contributed by atoms with Crippen LogP contribution in [0.15, 0.2) is 53.4 Å². The highest BCUT2D eigenvalue weighted by Gasteiger charge is 2.15. The Labute approximate surface area is 122 Å². The standard InChI is InChI=1S/C14H11NO5S/c16-13(11-3-1-2-4-12(11)14(17)18)15-9-5-7-10(8-6-9)21(19)20/h1-8,21H,(H,15,16)(H,17,18). The average molecular weight is 305 g/mol. The van der Waals surface area contributed by atoms with E-state index in [1.165, 1.54) is 42.5 Å². The third-order valence-corrected chi connectivity index (χ3v) is 3.46. The van der Waals surface area contributed by atoms with Crippen LogP contribution in [-0.4, -0.2) is 25.4 Å². The molecule has 6 nitrogen and oxygen atoms in total. The lowest BCUT2D eigenvalue weighted by molar-refractivity contribution is 0.0692. The van der Waals surface area contributed by atoms with E-state index in [2.05, 4.69) is 5.32 Å². The van der Waals surface area contributed by atoms with Crippen molar-refractivity contribution in [2.45, 2.75) is 4.90 Å². The minimum Gasteiger partial charge on any atom is -0.478 e. The van der Waals surface area contributed by atoms with Gasteiger partial charge in [-0.15, -0.1) is 0 Å². The van der Waals surface area contributed by atoms with Gasteiger partial charge in [-0.2, -0.15) is 0 Å². The SMILES string of the molecule is O=C(O)c1ccccc1C(=O)Nc1ccc([SH](=O)=O)cc1. The first-order valence-corrected chi connectivity index (χ1v) is 7.05. The largest absolute Gasteiger partial charge is 0.478 e. The summed E-state index contributed by atoms with van der Waals surface area (Å²) in [6, 6.07) is 11.4. The van der Waals surface area contributed by atoms with Gasteiger partial charge < -0.3 is 10.4 Å². The first-order valence-electron chi connectivity index (χ1n) is 5.87. The number of nitrogens with one attached hydrogen (secondary N) is 1. The quantitative estimate of drug-likeness (QED) is 0.745. The van der Waals surface area contributed by atoms with E-state index in [9.17, 15) is 18.0 Å². The summed E-state index contributed by atoms with van der Waals surface area (Å²) in [6.07, 6.45) is 0. The topological polar surface area (TPSA) is 101 Å². The summed E-state index contributed by atoms with van der Waals surface area (Å²) in [4.78, 5) is 23.2. The van der Waals surface area contributed by atoms with Crippen LogP contribution >= 0.6 is 0 Å². The first-order chi connectivity index (χ1) is 9.99. The van der Waals surface area contributed by atoms with Gasteiger partial charge in [0.15, 0.2) is 10.7 Å². The fourth-order valence-electron chi connectivity index (χ4n) is 1.73. The highest BCUT2D eigenvalue weighted by Crippen LogP contribution is 2.14. The van der Waals surface area contributed by atoms with Crippen molar-refractivity contribution in [3.05, 3.63) is 59.7 Å². The van der Waals surface area contributed by atoms with E-state index < -0.39 is 22.6 Å². The zero-order valence-corrected chi connectivity index (χ0v) is 11.5. The van der Waals surface area contributed by atoms with Crippen molar-refractivity contribution < 1.29 is 23.1 Å². The molecule has 0 bridgehead atoms. The molecule has 2 aromatic rings. The summed E-state index contributed by atoms with van der Waals surface area (Å²) in [5, 5.41) is 11.6. The zero-order chi connectivity index (χ0) is 15.4. The van der Waals surface area contributed by atoms with Gasteiger partial charge in [0.25, 0.3) is 5.91 Å². The fourth-order valence-corrected chi connectivity index (χ4v) is 2.13. The van der Waals surface area contributed by atoms with Gasteiger partial charge in [0.2, 0.25) is 0 Å². The lowest BCUT2D eigenvalue weighted by atomic mass is 10.1. The van der Waals surface area contributed by atoms with Crippen molar-refractivity contribution in [3.63, 3.8) is 0 Å². The van der Waals surface area contributed by atoms with Crippen LogP contribution in [-0.2, 0) is 10.7 Å². The number of carboxylic acid groups (broad SMARTS) is 1. The molecule has 7 heteroatoms. The van der Waals surface area contributed by atoms with Gasteiger partial charge >= 0.3 is 5.97 Å². The van der Waals surface area contributed by atoms with E-state index in [-0.39, 0.29) is 16.0 Å². The number of benzene rings is 2. The van der Waals surface area contributed by atoms with Crippen molar-refractivity contribution in [1.29, 1.82) is 0 Å². The van der Waals surface area contributed by atoms with Crippen LogP contribution in [0, 0.1) is 0 Å². The molecule has 108 valence electrons. The first kappa shape index (κ1) is 14.7. The van der Waals surface area contributed by atoms with E-state index in [4.69, 9.17) is 5.11 Å². The maximum atomic E-state index is 12.1. The number of hydrogen-bond donors (Lipinski definition) is 3. The van der Waals surface area contributed by atoms with Gasteiger partial charge in [0, 0.05) is 5.69 Å². The Balaban J connectivity index is 2.24. The smallest absolute Gasteiger partial charge is 0.336 e. The van der Waals surface area contributed by atoms with Crippen LogP contribution in [0.2, 0.25) is 0 Å². The van der Waals surface area contributed by atoms with Crippen molar-refractivity contribution in [2.24, 2.45) is 0 Å². The monoisotopic (exact) mass is 305 g/mol. The van der Waals surface area contributed by atoms with E-state index in [0.29, 0.717) is 5.69 Å². The van der Waals surface area contributed by atoms with Gasteiger partial charge in [-0.25, -0.2) is 13.2 Å². The number of carbonyl (C=O) groups excluding carboxylic acids is 1. The minimum absolute atomic E-state index is 0.0315. The molecular weight excluding hydrogens is 294 g/mol. The molecule has 2 rings (SSSR count). The second kappa shape index (κ2) is 6.19. The predicted octanol–water partition coefficient (Wildman–Crippen LogP) is 1.61. The Hall–Kier alpha value is -2.67. The second-order valence-corrected chi connectivity index (χ2v) is 5.14. The van der Waals surface area contributed by atoms with Crippen LogP contribution in [0.25, 0.3) is 0 Å². The third-order valence-electron chi connectivity index (χ3n) is 2.74. The molecule has 0 aliphatic rings. The summed E-state index contributed by atoms with van der Waals surface area (Å²) in [5.41, 5.74) is 0.305. The molecule has 0 saturated carbocycles. The van der Waals surface area contributed by atoms with Gasteiger partial charge in [-0.05, 0) is 36.4 Å². The summed E-state index contributed by atoms with van der Waals surface area (Å²) in [6.45, 7) is 0. The van der Waals surface area contributed by atoms with Crippen LogP contribution in [0.1, 0.15) is 20.7 Å². The number of hydrogen-bond acceptors (Lipinski definition) is 4. The molecule has 0 fully saturated rings. The number of thiol groups is 1. The van der Waals surface area contributed by atoms with E-state index in [0.717, 1.165) is 0 Å². The Kier molecular flexibility index (Phi) is 4.34. The summed E-state index contributed by atoms with van der Waals surface area (Å²) in [5.74, 6) is -1.77. The van der Waals surface area contributed by atoms with Crippen LogP contribution in [0.3, 0.4) is 0 Å². The summed E-state index contributed by atoms with van der Waals surface area (Å²) < 4.78 is 21.5. The zero-order valence-electron chi connectivity index (χ0n) is 10.6. The van der Waals surface area contributed by atoms with E-state index in [1.54, 1.807) is 6.07 Å². The lowest BCUT2D eigenvalue weighted by Crippen LogP contribution is -2.16. The van der Waals surface area contributed by atoms with E-state index in [1.807, 2.05) is 0 Å². The molecule has 0 aliphatic heterocycles. The Morgan fingerprint density at radius 2 is 1.48 bits per heavy atom. The highest BCUT2D eigenvalue weighted by molar-refractivity contribution is 7.72. The molecule has 0 radical (unpaired) electrons. The molecular formula is C14H11NO5S. The minimum atomic E-state index is -2.68. The average Bonchev–Trinajstić information content (AvgIpc) is 2.47. The van der Waals surface area contributed by atoms with Crippen LogP contribution < -0.4 is 5.32 Å². The van der Waals surface area contributed by atoms with Gasteiger partial charge in [0.05, 0.1) is 16.0 Å². The highest BCUT2D eigenvalue weighted by atomic mass is 32.2. The number of amides is 1. The molecule has 0 unspecified atom stereocenters. The molecule has 0 aromatic heterocycles. The van der Waals surface area contributed by atoms with Crippen LogP contribution in [0.5, 0.6) is 0 Å². The maximum Gasteiger partial charge on any atom is 0.336 e. The Morgan fingerprint density at radius 1 is 0.905 bits per heavy atom. The molecule has 2 aromatic carbocycles. The number of rotatable bonds is 4. The van der Waals surface area contributed by atoms with Crippen molar-refractivity contribution >= 4 is 28.3 Å². The van der Waals surface area contributed by atoms with Crippen molar-refractivity contribution in [1.82, 2.24) is 0 Å². The number of carbonyl (C=O) groups is 2. The fraction of sp³-hybridized carbons (Fsp3) is 0. The van der Waals surface area contributed by atoms with Crippen molar-refractivity contribution in [2.75, 3.05) is 5.32 Å².